The van der Waals surface area contributed by atoms with Crippen LogP contribution in [-0.4, -0.2) is 0 Å². The van der Waals surface area contributed by atoms with Gasteiger partial charge >= 0.3 is 0 Å². The molecule has 0 aliphatic rings. The van der Waals surface area contributed by atoms with Crippen molar-refractivity contribution in [2.45, 2.75) is 0 Å². The molecule has 1 aromatic carbocycles. The average molecular weight is 196 g/mol. The smallest absolute Gasteiger partial charge is 0.230 e. The monoisotopic (exact) mass is 196 g/mol. The van der Waals surface area contributed by atoms with Gasteiger partial charge in [0.1, 0.15) is 0 Å². The maximum Gasteiger partial charge on any atom is 0.262 e. The van der Waals surface area contributed by atoms with Gasteiger partial charge in [-0.05, 0) is 6.07 Å². The Morgan fingerprint density at radius 3 is 2.47 bits per heavy atom. The third-order valence-electron chi connectivity index (χ3n) is 2.39. The summed E-state index contributed by atoms with van der Waals surface area (Å²) in [6, 6.07) is 18.1. The van der Waals surface area contributed by atoms with Crippen molar-refractivity contribution in [2.75, 3.05) is 0 Å². The van der Waals surface area contributed by atoms with Gasteiger partial charge in [-0.25, -0.2) is 4.52 Å². The molecule has 0 saturated heterocycles. The van der Waals surface area contributed by atoms with Gasteiger partial charge < -0.3 is 0 Å². The lowest BCUT2D eigenvalue weighted by Gasteiger charge is -1.89. The molecule has 0 unspecified atom stereocenters. The van der Waals surface area contributed by atoms with Crippen LogP contribution in [0.25, 0.3) is 16.8 Å². The Morgan fingerprint density at radius 2 is 1.67 bits per heavy atom. The highest BCUT2D eigenvalue weighted by Crippen LogP contribution is 2.18. The molecule has 0 radical (unpaired) electrons. The van der Waals surface area contributed by atoms with Crippen LogP contribution in [0.5, 0.6) is 0 Å². The number of rotatable bonds is 1. The maximum absolute atomic E-state index is 5.67. The Kier molecular flexibility index (Phi) is 1.78. The van der Waals surface area contributed by atoms with Crippen molar-refractivity contribution in [3.63, 3.8) is 0 Å². The maximum atomic E-state index is 5.67. The zero-order valence-corrected chi connectivity index (χ0v) is 8.13. The molecule has 0 spiro atoms. The Bertz CT molecular complexity index is 551. The third-order valence-corrected chi connectivity index (χ3v) is 2.39. The van der Waals surface area contributed by atoms with Crippen molar-refractivity contribution >= 4 is 5.52 Å². The van der Waals surface area contributed by atoms with Gasteiger partial charge in [-0.2, -0.15) is 0 Å². The molecular formula is C13H10NO+. The van der Waals surface area contributed by atoms with Crippen LogP contribution in [0.1, 0.15) is 0 Å². The first kappa shape index (κ1) is 8.24. The van der Waals surface area contributed by atoms with Gasteiger partial charge in [-0.3, -0.25) is 0 Å². The Labute approximate surface area is 87.4 Å². The van der Waals surface area contributed by atoms with Crippen molar-refractivity contribution in [2.24, 2.45) is 0 Å². The van der Waals surface area contributed by atoms with E-state index in [-0.39, 0.29) is 0 Å². The van der Waals surface area contributed by atoms with Crippen LogP contribution in [-0.2, 0) is 0 Å². The number of pyridine rings is 1. The summed E-state index contributed by atoms with van der Waals surface area (Å²) < 4.78 is 7.44. The Balaban J connectivity index is 2.21. The molecule has 2 nitrogen and oxygen atoms in total. The number of hydrogen-bond donors (Lipinski definition) is 0. The van der Waals surface area contributed by atoms with E-state index in [0.29, 0.717) is 0 Å². The fourth-order valence-electron chi connectivity index (χ4n) is 1.64. The van der Waals surface area contributed by atoms with Crippen molar-refractivity contribution in [1.82, 2.24) is 0 Å². The van der Waals surface area contributed by atoms with Crippen molar-refractivity contribution in [1.29, 1.82) is 0 Å². The van der Waals surface area contributed by atoms with Gasteiger partial charge in [0.05, 0.1) is 6.07 Å². The predicted octanol–water partition coefficient (Wildman–Crippen LogP) is 2.69. The summed E-state index contributed by atoms with van der Waals surface area (Å²) in [5.41, 5.74) is 2.16. The second kappa shape index (κ2) is 3.24. The van der Waals surface area contributed by atoms with E-state index in [1.807, 2.05) is 60.8 Å². The van der Waals surface area contributed by atoms with E-state index in [1.165, 1.54) is 0 Å². The molecule has 0 bridgehead atoms. The summed E-state index contributed by atoms with van der Waals surface area (Å²) >= 11 is 0. The summed E-state index contributed by atoms with van der Waals surface area (Å²) in [6.45, 7) is 0. The highest BCUT2D eigenvalue weighted by atomic mass is 16.5. The molecule has 0 aliphatic carbocycles. The summed E-state index contributed by atoms with van der Waals surface area (Å²) in [7, 11) is 0. The molecule has 2 heteroatoms. The van der Waals surface area contributed by atoms with Gasteiger partial charge in [-0.1, -0.05) is 30.3 Å². The van der Waals surface area contributed by atoms with E-state index in [2.05, 4.69) is 0 Å². The molecule has 0 fully saturated rings. The molecule has 0 atom stereocenters. The summed E-state index contributed by atoms with van der Waals surface area (Å²) in [6.07, 6.45) is 1.90. The van der Waals surface area contributed by atoms with Crippen LogP contribution in [0.15, 0.2) is 65.3 Å². The summed E-state index contributed by atoms with van der Waals surface area (Å²) in [4.78, 5) is 0. The lowest BCUT2D eigenvalue weighted by atomic mass is 10.2. The average Bonchev–Trinajstić information content (AvgIpc) is 2.74. The minimum Gasteiger partial charge on any atom is -0.230 e. The van der Waals surface area contributed by atoms with E-state index in [9.17, 15) is 0 Å². The minimum atomic E-state index is 0.891. The SMILES string of the molecule is c1ccc(-c2cc3cccc[n+]3o2)cc1. The zero-order chi connectivity index (χ0) is 10.1. The summed E-state index contributed by atoms with van der Waals surface area (Å²) in [5.74, 6) is 0.891. The Hall–Kier alpha value is -2.09. The quantitative estimate of drug-likeness (QED) is 0.547. The zero-order valence-electron chi connectivity index (χ0n) is 8.13. The van der Waals surface area contributed by atoms with E-state index < -0.39 is 0 Å². The van der Waals surface area contributed by atoms with Crippen LogP contribution in [0, 0.1) is 0 Å². The standard InChI is InChI=1S/C13H10NO/c1-2-6-11(7-3-1)13-10-12-8-4-5-9-14(12)15-13/h1-10H/q+1. The van der Waals surface area contributed by atoms with Crippen LogP contribution in [0.3, 0.4) is 0 Å². The highest BCUT2D eigenvalue weighted by molar-refractivity contribution is 5.61. The van der Waals surface area contributed by atoms with Crippen LogP contribution in [0.2, 0.25) is 0 Å². The number of fused-ring (bicyclic) bond motifs is 1. The van der Waals surface area contributed by atoms with Gasteiger partial charge in [-0.15, -0.1) is 0 Å². The number of hydrogen-bond acceptors (Lipinski definition) is 1. The lowest BCUT2D eigenvalue weighted by molar-refractivity contribution is -0.714. The third kappa shape index (κ3) is 1.40. The van der Waals surface area contributed by atoms with Gasteiger partial charge in [0.25, 0.3) is 5.52 Å². The van der Waals surface area contributed by atoms with Crippen LogP contribution in [0.4, 0.5) is 0 Å². The van der Waals surface area contributed by atoms with E-state index in [4.69, 9.17) is 4.52 Å². The first-order chi connectivity index (χ1) is 7.43. The van der Waals surface area contributed by atoms with E-state index in [0.717, 1.165) is 16.8 Å². The second-order valence-electron chi connectivity index (χ2n) is 3.42. The largest absolute Gasteiger partial charge is 0.262 e. The topological polar surface area (TPSA) is 17.2 Å². The second-order valence-corrected chi connectivity index (χ2v) is 3.42. The molecule has 15 heavy (non-hydrogen) atoms. The molecule has 3 aromatic rings. The molecular weight excluding hydrogens is 186 g/mol. The van der Waals surface area contributed by atoms with Gasteiger partial charge in [0.15, 0.2) is 0 Å². The Morgan fingerprint density at radius 1 is 0.867 bits per heavy atom. The predicted molar refractivity (Wildman–Crippen MR) is 57.3 cm³/mol. The van der Waals surface area contributed by atoms with Crippen molar-refractivity contribution < 1.29 is 9.10 Å². The number of benzene rings is 1. The van der Waals surface area contributed by atoms with Gasteiger partial charge in [0.2, 0.25) is 12.0 Å². The van der Waals surface area contributed by atoms with E-state index >= 15 is 0 Å². The first-order valence-corrected chi connectivity index (χ1v) is 4.90. The minimum absolute atomic E-state index is 0.891. The molecule has 0 N–H and O–H groups in total. The summed E-state index contributed by atoms with van der Waals surface area (Å²) in [5, 5.41) is 0. The fraction of sp³-hybridized carbons (Fsp3) is 0. The number of nitrogens with zero attached hydrogens (tertiary/aromatic N) is 1. The van der Waals surface area contributed by atoms with Crippen molar-refractivity contribution in [3.8, 4) is 11.3 Å². The molecule has 0 amide bonds. The lowest BCUT2D eigenvalue weighted by Crippen LogP contribution is -2.15. The molecule has 3 rings (SSSR count). The fourth-order valence-corrected chi connectivity index (χ4v) is 1.64. The molecule has 0 saturated carbocycles. The number of aromatic nitrogens is 1. The van der Waals surface area contributed by atoms with Gasteiger partial charge in [0, 0.05) is 22.3 Å². The first-order valence-electron chi connectivity index (χ1n) is 4.90. The van der Waals surface area contributed by atoms with Crippen molar-refractivity contribution in [3.05, 3.63) is 60.8 Å². The van der Waals surface area contributed by atoms with E-state index in [1.54, 1.807) is 4.57 Å². The molecule has 2 heterocycles. The highest BCUT2D eigenvalue weighted by Gasteiger charge is 2.11. The molecule has 2 aromatic heterocycles. The van der Waals surface area contributed by atoms with Crippen LogP contribution < -0.4 is 4.57 Å². The van der Waals surface area contributed by atoms with Crippen LogP contribution >= 0.6 is 0 Å². The molecule has 0 aliphatic heterocycles. The molecule has 72 valence electrons. The normalized spacial score (nSPS) is 10.7.